The summed E-state index contributed by atoms with van der Waals surface area (Å²) in [6.07, 6.45) is 3.44. The second-order valence-corrected chi connectivity index (χ2v) is 10.4. The van der Waals surface area contributed by atoms with E-state index in [4.69, 9.17) is 4.42 Å². The maximum absolute atomic E-state index is 12.5. The molecule has 2 aromatic rings. The number of thiophene rings is 1. The first-order chi connectivity index (χ1) is 13.2. The van der Waals surface area contributed by atoms with Crippen LogP contribution in [0.3, 0.4) is 0 Å². The zero-order valence-corrected chi connectivity index (χ0v) is 18.5. The van der Waals surface area contributed by atoms with Crippen LogP contribution in [0.2, 0.25) is 0 Å². The fourth-order valence-electron chi connectivity index (χ4n) is 3.03. The summed E-state index contributed by atoms with van der Waals surface area (Å²) in [5.74, 6) is 1.00. The summed E-state index contributed by atoms with van der Waals surface area (Å²) in [6.45, 7) is 9.61. The van der Waals surface area contributed by atoms with E-state index >= 15 is 0 Å². The van der Waals surface area contributed by atoms with E-state index in [2.05, 4.69) is 34.6 Å². The molecule has 0 fully saturated rings. The lowest BCUT2D eigenvalue weighted by Gasteiger charge is -2.28. The summed E-state index contributed by atoms with van der Waals surface area (Å²) in [5, 5.41) is 20.4. The highest BCUT2D eigenvalue weighted by Crippen LogP contribution is 2.37. The summed E-state index contributed by atoms with van der Waals surface area (Å²) in [4.78, 5) is 14.9. The lowest BCUT2D eigenvalue weighted by Crippen LogP contribution is -2.51. The Morgan fingerprint density at radius 2 is 2.21 bits per heavy atom. The molecule has 28 heavy (non-hydrogen) atoms. The number of carbonyl (C=O) groups excluding carboxylic acids is 1. The van der Waals surface area contributed by atoms with Crippen LogP contribution in [-0.2, 0) is 17.6 Å². The highest BCUT2D eigenvalue weighted by Gasteiger charge is 2.32. The third kappa shape index (κ3) is 4.41. The van der Waals surface area contributed by atoms with Gasteiger partial charge in [0.05, 0.1) is 16.2 Å². The van der Waals surface area contributed by atoms with Crippen molar-refractivity contribution >= 4 is 29.0 Å². The number of hydrogen-bond acceptors (Lipinski definition) is 7. The topological polar surface area (TPSA) is 91.8 Å². The van der Waals surface area contributed by atoms with Gasteiger partial charge in [-0.2, -0.15) is 5.26 Å². The van der Waals surface area contributed by atoms with E-state index in [0.29, 0.717) is 17.0 Å². The number of rotatable bonds is 6. The molecule has 150 valence electrons. The Bertz CT molecular complexity index is 898. The smallest absolute Gasteiger partial charge is 0.277 e. The van der Waals surface area contributed by atoms with E-state index < -0.39 is 10.8 Å². The maximum atomic E-state index is 12.5. The minimum absolute atomic E-state index is 0.00115. The number of nitrogens with zero attached hydrogens (tertiary/aromatic N) is 3. The van der Waals surface area contributed by atoms with Crippen LogP contribution in [0.1, 0.15) is 51.5 Å². The van der Waals surface area contributed by atoms with Crippen molar-refractivity contribution in [3.63, 3.8) is 0 Å². The Kier molecular flexibility index (Phi) is 6.15. The highest BCUT2D eigenvalue weighted by molar-refractivity contribution is 8.00. The third-order valence-corrected chi connectivity index (χ3v) is 7.52. The molecule has 3 unspecified atom stereocenters. The molecule has 2 heterocycles. The summed E-state index contributed by atoms with van der Waals surface area (Å²) in [7, 11) is 0. The Labute approximate surface area is 174 Å². The quantitative estimate of drug-likeness (QED) is 0.697. The fraction of sp³-hybridized carbons (Fsp3) is 0.600. The van der Waals surface area contributed by atoms with Crippen LogP contribution in [-0.4, -0.2) is 26.9 Å². The van der Waals surface area contributed by atoms with E-state index in [-0.39, 0.29) is 11.8 Å². The average Bonchev–Trinajstić information content (AvgIpc) is 3.27. The van der Waals surface area contributed by atoms with Gasteiger partial charge in [0, 0.05) is 4.88 Å². The van der Waals surface area contributed by atoms with Gasteiger partial charge in [0.25, 0.3) is 11.1 Å². The zero-order chi connectivity index (χ0) is 20.5. The maximum Gasteiger partial charge on any atom is 0.277 e. The first kappa shape index (κ1) is 20.9. The van der Waals surface area contributed by atoms with Crippen LogP contribution in [0.25, 0.3) is 10.8 Å². The molecule has 0 bridgehead atoms. The van der Waals surface area contributed by atoms with Gasteiger partial charge in [0.1, 0.15) is 5.54 Å². The molecule has 1 N–H and O–H groups in total. The van der Waals surface area contributed by atoms with Gasteiger partial charge in [-0.1, -0.05) is 32.5 Å². The van der Waals surface area contributed by atoms with Crippen molar-refractivity contribution in [2.24, 2.45) is 11.8 Å². The van der Waals surface area contributed by atoms with E-state index in [1.807, 2.05) is 13.8 Å². The summed E-state index contributed by atoms with van der Waals surface area (Å²) in [6, 6.07) is 4.35. The predicted octanol–water partition coefficient (Wildman–Crippen LogP) is 4.46. The Hall–Kier alpha value is -1.85. The molecule has 0 spiro atoms. The largest absolute Gasteiger partial charge is 0.410 e. The van der Waals surface area contributed by atoms with Gasteiger partial charge in [0.15, 0.2) is 0 Å². The molecule has 2 aromatic heterocycles. The van der Waals surface area contributed by atoms with Gasteiger partial charge in [-0.3, -0.25) is 4.79 Å². The van der Waals surface area contributed by atoms with E-state index in [0.717, 1.165) is 17.7 Å². The van der Waals surface area contributed by atoms with Crippen molar-refractivity contribution in [3.8, 4) is 16.8 Å². The normalized spacial score (nSPS) is 19.5. The minimum Gasteiger partial charge on any atom is -0.410 e. The average molecular weight is 419 g/mol. The summed E-state index contributed by atoms with van der Waals surface area (Å²) < 4.78 is 5.81. The van der Waals surface area contributed by atoms with Gasteiger partial charge in [-0.15, -0.1) is 21.5 Å². The molecule has 1 amide bonds. The van der Waals surface area contributed by atoms with Gasteiger partial charge in [-0.05, 0) is 56.6 Å². The molecule has 0 radical (unpaired) electrons. The lowest BCUT2D eigenvalue weighted by molar-refractivity contribution is -0.121. The van der Waals surface area contributed by atoms with Crippen LogP contribution >= 0.6 is 23.1 Å². The molecule has 1 aliphatic carbocycles. The molecule has 6 nitrogen and oxygen atoms in total. The third-order valence-electron chi connectivity index (χ3n) is 5.36. The zero-order valence-electron chi connectivity index (χ0n) is 16.9. The van der Waals surface area contributed by atoms with Crippen molar-refractivity contribution in [1.29, 1.82) is 5.26 Å². The van der Waals surface area contributed by atoms with Crippen molar-refractivity contribution in [2.45, 2.75) is 69.9 Å². The van der Waals surface area contributed by atoms with E-state index in [1.54, 1.807) is 25.2 Å². The number of thioether (sulfide) groups is 1. The Morgan fingerprint density at radius 3 is 2.89 bits per heavy atom. The minimum atomic E-state index is -0.904. The molecular weight excluding hydrogens is 392 g/mol. The van der Waals surface area contributed by atoms with Crippen molar-refractivity contribution < 1.29 is 9.21 Å². The molecule has 3 atom stereocenters. The van der Waals surface area contributed by atoms with Crippen molar-refractivity contribution in [1.82, 2.24) is 15.5 Å². The molecule has 0 aliphatic heterocycles. The van der Waals surface area contributed by atoms with E-state index in [9.17, 15) is 10.1 Å². The highest BCUT2D eigenvalue weighted by atomic mass is 32.2. The number of carbonyl (C=O) groups is 1. The number of fused-ring (bicyclic) bond motifs is 1. The number of aryl methyl sites for hydroxylation is 1. The van der Waals surface area contributed by atoms with Gasteiger partial charge in [-0.25, -0.2) is 0 Å². The second kappa shape index (κ2) is 8.26. The first-order valence-corrected chi connectivity index (χ1v) is 11.3. The fourth-order valence-corrected chi connectivity index (χ4v) is 4.84. The van der Waals surface area contributed by atoms with Crippen LogP contribution in [0, 0.1) is 23.2 Å². The van der Waals surface area contributed by atoms with Gasteiger partial charge < -0.3 is 9.73 Å². The Balaban J connectivity index is 1.66. The van der Waals surface area contributed by atoms with Crippen LogP contribution in [0.15, 0.2) is 15.7 Å². The second-order valence-electron chi connectivity index (χ2n) is 8.00. The number of nitrogens with one attached hydrogen (secondary N) is 1. The van der Waals surface area contributed by atoms with Crippen LogP contribution in [0.4, 0.5) is 0 Å². The predicted molar refractivity (Wildman–Crippen MR) is 111 cm³/mol. The summed E-state index contributed by atoms with van der Waals surface area (Å²) in [5.41, 5.74) is 0.488. The molecule has 1 aliphatic rings. The van der Waals surface area contributed by atoms with Crippen molar-refractivity contribution in [3.05, 3.63) is 16.5 Å². The number of nitriles is 1. The van der Waals surface area contributed by atoms with Gasteiger partial charge >= 0.3 is 0 Å². The van der Waals surface area contributed by atoms with Crippen LogP contribution < -0.4 is 5.32 Å². The molecular formula is C20H26N4O2S2. The molecule has 0 aromatic carbocycles. The SMILES string of the molecule is CC1CCc2sc(-c3nnc(SC(C)C(=O)NC(C)(C#N)C(C)C)o3)cc2C1. The van der Waals surface area contributed by atoms with Crippen molar-refractivity contribution in [2.75, 3.05) is 0 Å². The number of amides is 1. The molecule has 3 rings (SSSR count). The molecule has 8 heteroatoms. The first-order valence-electron chi connectivity index (χ1n) is 9.57. The summed E-state index contributed by atoms with van der Waals surface area (Å²) >= 11 is 2.93. The Morgan fingerprint density at radius 1 is 1.46 bits per heavy atom. The number of hydrogen-bond donors (Lipinski definition) is 1. The molecule has 0 saturated heterocycles. The monoisotopic (exact) mass is 418 g/mol. The standard InChI is InChI=1S/C20H26N4O2S2/c1-11(2)20(5,10-21)22-17(25)13(4)27-19-24-23-18(26-19)16-9-14-8-12(3)6-7-15(14)28-16/h9,11-13H,6-8H2,1-5H3,(H,22,25). The van der Waals surface area contributed by atoms with Gasteiger partial charge in [0.2, 0.25) is 5.91 Å². The lowest BCUT2D eigenvalue weighted by atomic mass is 9.90. The van der Waals surface area contributed by atoms with E-state index in [1.165, 1.54) is 28.6 Å². The number of aromatic nitrogens is 2. The molecule has 0 saturated carbocycles. The van der Waals surface area contributed by atoms with Crippen LogP contribution in [0.5, 0.6) is 0 Å².